The Bertz CT molecular complexity index is 770. The van der Waals surface area contributed by atoms with Crippen LogP contribution in [-0.4, -0.2) is 10.4 Å². The lowest BCUT2D eigenvalue weighted by atomic mass is 10.00. The van der Waals surface area contributed by atoms with Crippen molar-refractivity contribution in [2.24, 2.45) is 7.05 Å². The number of hydrogen-bond donors (Lipinski definition) is 0. The van der Waals surface area contributed by atoms with Gasteiger partial charge in [-0.05, 0) is 18.1 Å². The third-order valence-corrected chi connectivity index (χ3v) is 3.76. The van der Waals surface area contributed by atoms with E-state index in [1.165, 1.54) is 0 Å². The quantitative estimate of drug-likeness (QED) is 0.656. The van der Waals surface area contributed by atoms with Crippen LogP contribution in [0.15, 0.2) is 66.9 Å². The maximum absolute atomic E-state index is 12.7. The minimum absolute atomic E-state index is 0.0749. The van der Waals surface area contributed by atoms with Crippen molar-refractivity contribution in [2.75, 3.05) is 0 Å². The lowest BCUT2D eigenvalue weighted by molar-refractivity contribution is 0.103. The normalized spacial score (nSPS) is 10.6. The van der Waals surface area contributed by atoms with Gasteiger partial charge in [-0.15, -0.1) is 0 Å². The maximum Gasteiger partial charge on any atom is 0.194 e. The fraction of sp³-hybridized carbons (Fsp3) is 0.105. The average Bonchev–Trinajstić information content (AvgIpc) is 2.83. The van der Waals surface area contributed by atoms with Crippen molar-refractivity contribution in [3.05, 3.63) is 83.6 Å². The predicted octanol–water partition coefficient (Wildman–Crippen LogP) is 4.23. The molecular weight excluding hydrogens is 258 g/mol. The second-order valence-electron chi connectivity index (χ2n) is 5.19. The Balaban J connectivity index is 2.09. The molecule has 0 fully saturated rings. The van der Waals surface area contributed by atoms with E-state index in [1.807, 2.05) is 73.3 Å². The Morgan fingerprint density at radius 2 is 1.48 bits per heavy atom. The zero-order valence-corrected chi connectivity index (χ0v) is 12.2. The topological polar surface area (TPSA) is 22.0 Å². The van der Waals surface area contributed by atoms with Crippen molar-refractivity contribution in [3.63, 3.8) is 0 Å². The van der Waals surface area contributed by atoms with Crippen LogP contribution in [0.25, 0.3) is 11.3 Å². The molecule has 104 valence electrons. The molecule has 0 aliphatic rings. The van der Waals surface area contributed by atoms with Gasteiger partial charge in [0.15, 0.2) is 5.78 Å². The van der Waals surface area contributed by atoms with E-state index in [1.54, 1.807) is 0 Å². The SMILES string of the molecule is Cc1c(C(=O)c2ccccc2)cn(C)c1-c1ccccc1. The molecule has 0 aliphatic heterocycles. The molecule has 2 heteroatoms. The van der Waals surface area contributed by atoms with Crippen LogP contribution in [0, 0.1) is 6.92 Å². The summed E-state index contributed by atoms with van der Waals surface area (Å²) in [5.41, 5.74) is 4.74. The van der Waals surface area contributed by atoms with Gasteiger partial charge in [-0.2, -0.15) is 0 Å². The van der Waals surface area contributed by atoms with Crippen molar-refractivity contribution in [1.82, 2.24) is 4.57 Å². The summed E-state index contributed by atoms with van der Waals surface area (Å²) in [6.45, 7) is 2.01. The third kappa shape index (κ3) is 2.40. The molecular formula is C19H17NO. The molecule has 1 aromatic heterocycles. The van der Waals surface area contributed by atoms with Gasteiger partial charge < -0.3 is 4.57 Å². The summed E-state index contributed by atoms with van der Waals surface area (Å²) in [5, 5.41) is 0. The maximum atomic E-state index is 12.7. The molecule has 0 amide bonds. The molecule has 0 saturated carbocycles. The second kappa shape index (κ2) is 5.41. The molecule has 1 heterocycles. The highest BCUT2D eigenvalue weighted by molar-refractivity contribution is 6.10. The Kier molecular flexibility index (Phi) is 3.44. The van der Waals surface area contributed by atoms with Crippen LogP contribution in [0.3, 0.4) is 0 Å². The second-order valence-corrected chi connectivity index (χ2v) is 5.19. The van der Waals surface area contributed by atoms with Gasteiger partial charge in [0.2, 0.25) is 0 Å². The van der Waals surface area contributed by atoms with Gasteiger partial charge in [0.25, 0.3) is 0 Å². The van der Waals surface area contributed by atoms with Crippen LogP contribution < -0.4 is 0 Å². The number of rotatable bonds is 3. The van der Waals surface area contributed by atoms with Crippen LogP contribution in [0.2, 0.25) is 0 Å². The summed E-state index contributed by atoms with van der Waals surface area (Å²) in [6, 6.07) is 19.6. The minimum Gasteiger partial charge on any atom is -0.350 e. The first-order valence-corrected chi connectivity index (χ1v) is 6.99. The third-order valence-electron chi connectivity index (χ3n) is 3.76. The van der Waals surface area contributed by atoms with E-state index in [0.717, 1.165) is 27.9 Å². The highest BCUT2D eigenvalue weighted by Crippen LogP contribution is 2.28. The highest BCUT2D eigenvalue weighted by Gasteiger charge is 2.18. The lowest BCUT2D eigenvalue weighted by Crippen LogP contribution is -2.01. The molecule has 0 bridgehead atoms. The van der Waals surface area contributed by atoms with Crippen molar-refractivity contribution < 1.29 is 4.79 Å². The van der Waals surface area contributed by atoms with Gasteiger partial charge >= 0.3 is 0 Å². The van der Waals surface area contributed by atoms with E-state index < -0.39 is 0 Å². The van der Waals surface area contributed by atoms with Gasteiger partial charge in [-0.1, -0.05) is 60.7 Å². The molecule has 0 aliphatic carbocycles. The monoisotopic (exact) mass is 275 g/mol. The number of benzene rings is 2. The summed E-state index contributed by atoms with van der Waals surface area (Å²) < 4.78 is 2.03. The van der Waals surface area contributed by atoms with Gasteiger partial charge in [-0.25, -0.2) is 0 Å². The molecule has 0 radical (unpaired) electrons. The molecule has 3 aromatic rings. The van der Waals surface area contributed by atoms with E-state index >= 15 is 0 Å². The Hall–Kier alpha value is -2.61. The smallest absolute Gasteiger partial charge is 0.194 e. The summed E-state index contributed by atoms with van der Waals surface area (Å²) in [6.07, 6.45) is 1.92. The summed E-state index contributed by atoms with van der Waals surface area (Å²) in [7, 11) is 1.98. The van der Waals surface area contributed by atoms with E-state index in [4.69, 9.17) is 0 Å². The number of ketones is 1. The number of aryl methyl sites for hydroxylation is 1. The summed E-state index contributed by atoms with van der Waals surface area (Å²) in [5.74, 6) is 0.0749. The first kappa shape index (κ1) is 13.4. The van der Waals surface area contributed by atoms with Gasteiger partial charge in [0, 0.05) is 24.4 Å². The molecule has 0 N–H and O–H groups in total. The standard InChI is InChI=1S/C19H17NO/c1-14-17(19(21)16-11-7-4-8-12-16)13-20(2)18(14)15-9-5-3-6-10-15/h3-13H,1-2H3. The first-order valence-electron chi connectivity index (χ1n) is 6.99. The molecule has 3 rings (SSSR count). The summed E-state index contributed by atoms with van der Waals surface area (Å²) >= 11 is 0. The number of hydrogen-bond acceptors (Lipinski definition) is 1. The van der Waals surface area contributed by atoms with Crippen LogP contribution in [0.1, 0.15) is 21.5 Å². The first-order chi connectivity index (χ1) is 10.2. The molecule has 0 unspecified atom stereocenters. The Morgan fingerprint density at radius 1 is 0.905 bits per heavy atom. The zero-order valence-electron chi connectivity index (χ0n) is 12.2. The van der Waals surface area contributed by atoms with E-state index in [9.17, 15) is 4.79 Å². The molecule has 0 spiro atoms. The lowest BCUT2D eigenvalue weighted by Gasteiger charge is -2.05. The largest absolute Gasteiger partial charge is 0.350 e. The number of nitrogens with zero attached hydrogens (tertiary/aromatic N) is 1. The summed E-state index contributed by atoms with van der Waals surface area (Å²) in [4.78, 5) is 12.7. The van der Waals surface area contributed by atoms with E-state index in [-0.39, 0.29) is 5.78 Å². The van der Waals surface area contributed by atoms with Crippen molar-refractivity contribution in [3.8, 4) is 11.3 Å². The van der Waals surface area contributed by atoms with Crippen LogP contribution in [-0.2, 0) is 7.05 Å². The van der Waals surface area contributed by atoms with Crippen LogP contribution >= 0.6 is 0 Å². The Labute approximate surface area is 124 Å². The average molecular weight is 275 g/mol. The van der Waals surface area contributed by atoms with Gasteiger partial charge in [0.05, 0.1) is 5.69 Å². The van der Waals surface area contributed by atoms with Crippen LogP contribution in [0.4, 0.5) is 0 Å². The molecule has 2 aromatic carbocycles. The van der Waals surface area contributed by atoms with Gasteiger partial charge in [-0.3, -0.25) is 4.79 Å². The number of carbonyl (C=O) groups excluding carboxylic acids is 1. The Morgan fingerprint density at radius 3 is 2.10 bits per heavy atom. The fourth-order valence-corrected chi connectivity index (χ4v) is 2.74. The van der Waals surface area contributed by atoms with Gasteiger partial charge in [0.1, 0.15) is 0 Å². The number of aromatic nitrogens is 1. The predicted molar refractivity (Wildman–Crippen MR) is 85.5 cm³/mol. The van der Waals surface area contributed by atoms with Crippen LogP contribution in [0.5, 0.6) is 0 Å². The minimum atomic E-state index is 0.0749. The molecule has 2 nitrogen and oxygen atoms in total. The highest BCUT2D eigenvalue weighted by atomic mass is 16.1. The molecule has 21 heavy (non-hydrogen) atoms. The van der Waals surface area contributed by atoms with Crippen molar-refractivity contribution in [2.45, 2.75) is 6.92 Å². The van der Waals surface area contributed by atoms with Crippen molar-refractivity contribution in [1.29, 1.82) is 0 Å². The molecule has 0 atom stereocenters. The van der Waals surface area contributed by atoms with E-state index in [0.29, 0.717) is 0 Å². The molecule has 0 saturated heterocycles. The van der Waals surface area contributed by atoms with Crippen molar-refractivity contribution >= 4 is 5.78 Å². The zero-order chi connectivity index (χ0) is 14.8. The van der Waals surface area contributed by atoms with E-state index in [2.05, 4.69) is 12.1 Å². The number of carbonyl (C=O) groups is 1. The fourth-order valence-electron chi connectivity index (χ4n) is 2.74.